The van der Waals surface area contributed by atoms with Gasteiger partial charge >= 0.3 is 0 Å². The summed E-state index contributed by atoms with van der Waals surface area (Å²) in [4.78, 5) is 13.0. The number of nitrogens with one attached hydrogen (secondary N) is 1. The molecule has 0 saturated heterocycles. The van der Waals surface area contributed by atoms with Crippen LogP contribution in [0.15, 0.2) is 72.8 Å². The fourth-order valence-electron chi connectivity index (χ4n) is 3.37. The second-order valence-electron chi connectivity index (χ2n) is 7.02. The molecule has 5 heteroatoms. The van der Waals surface area contributed by atoms with Crippen LogP contribution in [0.2, 0.25) is 0 Å². The zero-order valence-electron chi connectivity index (χ0n) is 18.3. The summed E-state index contributed by atoms with van der Waals surface area (Å²) >= 11 is 0. The Balaban J connectivity index is 1.90. The molecule has 3 aromatic rings. The number of carbonyl (C=O) groups excluding carboxylic acids is 1. The van der Waals surface area contributed by atoms with E-state index in [0.717, 1.165) is 11.1 Å². The second-order valence-corrected chi connectivity index (χ2v) is 7.02. The third-order valence-corrected chi connectivity index (χ3v) is 4.91. The third-order valence-electron chi connectivity index (χ3n) is 4.91. The molecule has 0 bridgehead atoms. The van der Waals surface area contributed by atoms with E-state index in [-0.39, 0.29) is 11.9 Å². The van der Waals surface area contributed by atoms with E-state index in [1.165, 1.54) is 0 Å². The number of amides is 1. The number of rotatable bonds is 10. The molecule has 0 aliphatic heterocycles. The Labute approximate surface area is 184 Å². The fourth-order valence-corrected chi connectivity index (χ4v) is 3.37. The molecule has 0 fully saturated rings. The Bertz CT molecular complexity index is 970. The van der Waals surface area contributed by atoms with Crippen LogP contribution >= 0.6 is 0 Å². The van der Waals surface area contributed by atoms with Gasteiger partial charge in [0.1, 0.15) is 5.75 Å². The number of carbonyl (C=O) groups is 1. The van der Waals surface area contributed by atoms with Gasteiger partial charge in [-0.3, -0.25) is 4.79 Å². The summed E-state index contributed by atoms with van der Waals surface area (Å²) in [6.07, 6.45) is 0.655. The van der Waals surface area contributed by atoms with Crippen molar-refractivity contribution in [3.8, 4) is 17.2 Å². The van der Waals surface area contributed by atoms with Gasteiger partial charge in [-0.05, 0) is 67.8 Å². The number of hydrogen-bond acceptors (Lipinski definition) is 4. The molecule has 3 aromatic carbocycles. The zero-order chi connectivity index (χ0) is 22.1. The van der Waals surface area contributed by atoms with E-state index >= 15 is 0 Å². The molecule has 0 spiro atoms. The van der Waals surface area contributed by atoms with Crippen molar-refractivity contribution in [1.82, 2.24) is 5.32 Å². The van der Waals surface area contributed by atoms with Crippen LogP contribution in [-0.4, -0.2) is 26.2 Å². The van der Waals surface area contributed by atoms with Crippen molar-refractivity contribution in [2.24, 2.45) is 0 Å². The second kappa shape index (κ2) is 11.1. The predicted octanol–water partition coefficient (Wildman–Crippen LogP) is 5.21. The first-order valence-corrected chi connectivity index (χ1v) is 10.5. The molecule has 0 saturated carbocycles. The Kier molecular flexibility index (Phi) is 7.93. The largest absolute Gasteiger partial charge is 0.497 e. The summed E-state index contributed by atoms with van der Waals surface area (Å²) in [5.41, 5.74) is 2.67. The highest BCUT2D eigenvalue weighted by molar-refractivity contribution is 5.94. The summed E-state index contributed by atoms with van der Waals surface area (Å²) in [6, 6.07) is 22.8. The topological polar surface area (TPSA) is 56.8 Å². The van der Waals surface area contributed by atoms with E-state index in [9.17, 15) is 4.79 Å². The first kappa shape index (κ1) is 22.2. The van der Waals surface area contributed by atoms with E-state index in [2.05, 4.69) is 17.4 Å². The molecule has 1 N–H and O–H groups in total. The molecule has 1 atom stereocenters. The summed E-state index contributed by atoms with van der Waals surface area (Å²) in [6.45, 7) is 4.97. The highest BCUT2D eigenvalue weighted by Gasteiger charge is 2.19. The molecule has 0 aliphatic carbocycles. The van der Waals surface area contributed by atoms with Gasteiger partial charge in [-0.25, -0.2) is 0 Å². The van der Waals surface area contributed by atoms with Gasteiger partial charge in [0, 0.05) is 5.56 Å². The molecule has 1 unspecified atom stereocenters. The molecular weight excluding hydrogens is 390 g/mol. The van der Waals surface area contributed by atoms with Crippen LogP contribution < -0.4 is 19.5 Å². The van der Waals surface area contributed by atoms with E-state index in [0.29, 0.717) is 42.4 Å². The number of methoxy groups -OCH3 is 1. The summed E-state index contributed by atoms with van der Waals surface area (Å²) in [5.74, 6) is 1.95. The fraction of sp³-hybridized carbons (Fsp3) is 0.269. The van der Waals surface area contributed by atoms with Gasteiger partial charge < -0.3 is 19.5 Å². The lowest BCUT2D eigenvalue weighted by atomic mass is 9.98. The highest BCUT2D eigenvalue weighted by Crippen LogP contribution is 2.32. The van der Waals surface area contributed by atoms with Crippen molar-refractivity contribution in [2.45, 2.75) is 26.3 Å². The minimum Gasteiger partial charge on any atom is -0.497 e. The van der Waals surface area contributed by atoms with Crippen LogP contribution in [0.4, 0.5) is 0 Å². The third kappa shape index (κ3) is 6.01. The lowest BCUT2D eigenvalue weighted by molar-refractivity contribution is 0.0936. The van der Waals surface area contributed by atoms with Crippen molar-refractivity contribution in [3.63, 3.8) is 0 Å². The van der Waals surface area contributed by atoms with E-state index in [4.69, 9.17) is 14.2 Å². The maximum Gasteiger partial charge on any atom is 0.251 e. The number of ether oxygens (including phenoxy) is 3. The normalized spacial score (nSPS) is 11.5. The van der Waals surface area contributed by atoms with Gasteiger partial charge in [0.05, 0.1) is 26.4 Å². The standard InChI is InChI=1S/C26H29NO4/c1-4-30-24-16-13-21(18-25(24)31-5-2)23(17-19-9-7-6-8-10-19)27-26(28)20-11-14-22(29-3)15-12-20/h6-16,18,23H,4-5,17H2,1-3H3,(H,27,28). The van der Waals surface area contributed by atoms with E-state index in [1.54, 1.807) is 31.4 Å². The maximum absolute atomic E-state index is 13.0. The molecule has 0 radical (unpaired) electrons. The predicted molar refractivity (Wildman–Crippen MR) is 122 cm³/mol. The van der Waals surface area contributed by atoms with Crippen molar-refractivity contribution in [1.29, 1.82) is 0 Å². The van der Waals surface area contributed by atoms with Crippen LogP contribution in [0.3, 0.4) is 0 Å². The Morgan fingerprint density at radius 3 is 2.19 bits per heavy atom. The van der Waals surface area contributed by atoms with E-state index in [1.807, 2.05) is 50.2 Å². The van der Waals surface area contributed by atoms with Crippen LogP contribution in [-0.2, 0) is 6.42 Å². The summed E-state index contributed by atoms with van der Waals surface area (Å²) < 4.78 is 16.7. The van der Waals surface area contributed by atoms with Gasteiger partial charge in [0.15, 0.2) is 11.5 Å². The average molecular weight is 420 g/mol. The lowest BCUT2D eigenvalue weighted by Gasteiger charge is -2.21. The summed E-state index contributed by atoms with van der Waals surface area (Å²) in [7, 11) is 1.60. The average Bonchev–Trinajstić information content (AvgIpc) is 2.81. The van der Waals surface area contributed by atoms with Crippen LogP contribution in [0.5, 0.6) is 17.2 Å². The molecule has 162 valence electrons. The molecular formula is C26H29NO4. The van der Waals surface area contributed by atoms with Crippen LogP contribution in [0.1, 0.15) is 41.4 Å². The van der Waals surface area contributed by atoms with Crippen molar-refractivity contribution >= 4 is 5.91 Å². The zero-order valence-corrected chi connectivity index (χ0v) is 18.3. The van der Waals surface area contributed by atoms with Crippen LogP contribution in [0.25, 0.3) is 0 Å². The number of benzene rings is 3. The molecule has 3 rings (SSSR count). The number of hydrogen-bond donors (Lipinski definition) is 1. The van der Waals surface area contributed by atoms with Gasteiger partial charge in [-0.15, -0.1) is 0 Å². The SMILES string of the molecule is CCOc1ccc(C(Cc2ccccc2)NC(=O)c2ccc(OC)cc2)cc1OCC. The van der Waals surface area contributed by atoms with Gasteiger partial charge in [-0.1, -0.05) is 36.4 Å². The van der Waals surface area contributed by atoms with E-state index < -0.39 is 0 Å². The first-order valence-electron chi connectivity index (χ1n) is 10.5. The molecule has 0 aliphatic rings. The summed E-state index contributed by atoms with van der Waals surface area (Å²) in [5, 5.41) is 3.18. The van der Waals surface area contributed by atoms with Crippen molar-refractivity contribution in [2.75, 3.05) is 20.3 Å². The first-order chi connectivity index (χ1) is 15.1. The molecule has 0 heterocycles. The Morgan fingerprint density at radius 2 is 1.55 bits per heavy atom. The molecule has 0 aromatic heterocycles. The monoisotopic (exact) mass is 419 g/mol. The highest BCUT2D eigenvalue weighted by atomic mass is 16.5. The molecule has 1 amide bonds. The Hall–Kier alpha value is -3.47. The van der Waals surface area contributed by atoms with Gasteiger partial charge in [0.25, 0.3) is 5.91 Å². The Morgan fingerprint density at radius 1 is 0.871 bits per heavy atom. The minimum absolute atomic E-state index is 0.143. The van der Waals surface area contributed by atoms with Gasteiger partial charge in [0.2, 0.25) is 0 Å². The lowest BCUT2D eigenvalue weighted by Crippen LogP contribution is -2.30. The minimum atomic E-state index is -0.230. The smallest absolute Gasteiger partial charge is 0.251 e. The van der Waals surface area contributed by atoms with Gasteiger partial charge in [-0.2, -0.15) is 0 Å². The van der Waals surface area contributed by atoms with Crippen molar-refractivity contribution in [3.05, 3.63) is 89.5 Å². The van der Waals surface area contributed by atoms with Crippen LogP contribution in [0, 0.1) is 0 Å². The maximum atomic E-state index is 13.0. The van der Waals surface area contributed by atoms with Crippen molar-refractivity contribution < 1.29 is 19.0 Å². The quantitative estimate of drug-likeness (QED) is 0.490. The molecule has 5 nitrogen and oxygen atoms in total. The molecule has 31 heavy (non-hydrogen) atoms.